The molecular formula is C26H56N10O. The summed E-state index contributed by atoms with van der Waals surface area (Å²) in [7, 11) is 18.8. The van der Waals surface area contributed by atoms with Crippen LogP contribution in [0.2, 0.25) is 0 Å². The number of anilines is 3. The Kier molecular flexibility index (Phi) is 16.6. The molecule has 0 aliphatic carbocycles. The summed E-state index contributed by atoms with van der Waals surface area (Å²) >= 11 is 0. The quantitative estimate of drug-likeness (QED) is 0.247. The predicted molar refractivity (Wildman–Crippen MR) is 157 cm³/mol. The molecular weight excluding hydrogens is 468 g/mol. The Balaban J connectivity index is 3.34. The Labute approximate surface area is 227 Å². The average molecular weight is 525 g/mol. The normalized spacial score (nSPS) is 11.8. The maximum Gasteiger partial charge on any atom is 0.231 e. The molecule has 11 nitrogen and oxygen atoms in total. The lowest BCUT2D eigenvalue weighted by molar-refractivity contribution is 0.303. The van der Waals surface area contributed by atoms with E-state index in [4.69, 9.17) is 15.0 Å². The molecule has 0 spiro atoms. The lowest BCUT2D eigenvalue weighted by Crippen LogP contribution is -2.35. The predicted octanol–water partition coefficient (Wildman–Crippen LogP) is 0.720. The van der Waals surface area contributed by atoms with Gasteiger partial charge in [-0.2, -0.15) is 15.0 Å². The van der Waals surface area contributed by atoms with E-state index >= 15 is 0 Å². The summed E-state index contributed by atoms with van der Waals surface area (Å²) in [4.78, 5) is 30.3. The van der Waals surface area contributed by atoms with Gasteiger partial charge in [-0.1, -0.05) is 0 Å². The first-order valence-corrected chi connectivity index (χ1v) is 13.7. The van der Waals surface area contributed by atoms with E-state index in [9.17, 15) is 5.11 Å². The summed E-state index contributed by atoms with van der Waals surface area (Å²) in [5.74, 6) is 2.07. The van der Waals surface area contributed by atoms with Crippen molar-refractivity contribution in [3.05, 3.63) is 0 Å². The molecule has 0 unspecified atom stereocenters. The van der Waals surface area contributed by atoms with Crippen molar-refractivity contribution in [2.45, 2.75) is 25.7 Å². The van der Waals surface area contributed by atoms with Gasteiger partial charge in [0.05, 0.1) is 6.61 Å². The van der Waals surface area contributed by atoms with Gasteiger partial charge in [0.1, 0.15) is 0 Å². The second kappa shape index (κ2) is 18.5. The van der Waals surface area contributed by atoms with Crippen molar-refractivity contribution in [2.24, 2.45) is 0 Å². The van der Waals surface area contributed by atoms with Gasteiger partial charge in [-0.05, 0) is 108 Å². The van der Waals surface area contributed by atoms with Crippen molar-refractivity contribution in [1.29, 1.82) is 0 Å². The molecule has 37 heavy (non-hydrogen) atoms. The molecule has 0 bridgehead atoms. The van der Waals surface area contributed by atoms with Crippen molar-refractivity contribution < 1.29 is 5.11 Å². The molecule has 0 atom stereocenters. The van der Waals surface area contributed by atoms with Gasteiger partial charge in [-0.3, -0.25) is 0 Å². The molecule has 1 rings (SSSR count). The maximum atomic E-state index is 9.58. The average Bonchev–Trinajstić information content (AvgIpc) is 2.81. The summed E-state index contributed by atoms with van der Waals surface area (Å²) in [6.07, 6.45) is 4.14. The molecule has 0 fully saturated rings. The molecule has 0 radical (unpaired) electrons. The first-order chi connectivity index (χ1) is 17.5. The van der Waals surface area contributed by atoms with Gasteiger partial charge in [0.15, 0.2) is 0 Å². The minimum absolute atomic E-state index is 0.0532. The standard InChI is InChI=1S/C26H56N10O/c1-30(2)14-10-18-35(19-11-15-31(3)4)25-27-24(34(9)22-23-37)28-26(29-25)36(20-12-16-32(5)6)21-13-17-33(7)8/h37H,10-23H2,1-9H3. The minimum atomic E-state index is 0.0532. The van der Waals surface area contributed by atoms with E-state index in [-0.39, 0.29) is 6.61 Å². The largest absolute Gasteiger partial charge is 0.395 e. The number of likely N-dealkylation sites (N-methyl/N-ethyl adjacent to an activating group) is 1. The number of aliphatic hydroxyl groups is 1. The summed E-state index contributed by atoms with van der Waals surface area (Å²) in [5.41, 5.74) is 0. The molecule has 1 N–H and O–H groups in total. The van der Waals surface area contributed by atoms with Crippen molar-refractivity contribution >= 4 is 17.8 Å². The third-order valence-corrected chi connectivity index (χ3v) is 6.08. The molecule has 11 heteroatoms. The fourth-order valence-electron chi connectivity index (χ4n) is 3.98. The highest BCUT2D eigenvalue weighted by molar-refractivity contribution is 5.46. The topological polar surface area (TPSA) is 81.6 Å². The Bertz CT molecular complexity index is 638. The van der Waals surface area contributed by atoms with Crippen molar-refractivity contribution in [3.8, 4) is 0 Å². The third kappa shape index (κ3) is 14.7. The zero-order valence-corrected chi connectivity index (χ0v) is 25.3. The van der Waals surface area contributed by atoms with Crippen molar-refractivity contribution in [2.75, 3.05) is 144 Å². The smallest absolute Gasteiger partial charge is 0.231 e. The second-order valence-corrected chi connectivity index (χ2v) is 11.0. The van der Waals surface area contributed by atoms with Crippen LogP contribution in [0.15, 0.2) is 0 Å². The van der Waals surface area contributed by atoms with Gasteiger partial charge in [-0.15, -0.1) is 0 Å². The Morgan fingerprint density at radius 2 is 0.730 bits per heavy atom. The number of hydrogen-bond donors (Lipinski definition) is 1. The van der Waals surface area contributed by atoms with Crippen LogP contribution in [0.4, 0.5) is 17.8 Å². The van der Waals surface area contributed by atoms with Gasteiger partial charge in [-0.25, -0.2) is 0 Å². The molecule has 0 saturated heterocycles. The van der Waals surface area contributed by atoms with Crippen molar-refractivity contribution in [3.63, 3.8) is 0 Å². The fraction of sp³-hybridized carbons (Fsp3) is 0.885. The highest BCUT2D eigenvalue weighted by Crippen LogP contribution is 2.20. The number of nitrogens with zero attached hydrogens (tertiary/aromatic N) is 10. The molecule has 1 aromatic heterocycles. The van der Waals surface area contributed by atoms with Crippen molar-refractivity contribution in [1.82, 2.24) is 34.6 Å². The van der Waals surface area contributed by atoms with Crippen LogP contribution >= 0.6 is 0 Å². The molecule has 0 amide bonds. The van der Waals surface area contributed by atoms with Crippen LogP contribution in [0.1, 0.15) is 25.7 Å². The molecule has 0 aliphatic rings. The fourth-order valence-corrected chi connectivity index (χ4v) is 3.98. The van der Waals surface area contributed by atoms with Gasteiger partial charge < -0.3 is 39.4 Å². The lowest BCUT2D eigenvalue weighted by Gasteiger charge is -2.29. The first kappa shape index (κ1) is 33.2. The number of aromatic nitrogens is 3. The summed E-state index contributed by atoms with van der Waals surface area (Å²) < 4.78 is 0. The van der Waals surface area contributed by atoms with E-state index in [1.807, 2.05) is 11.9 Å². The number of rotatable bonds is 21. The van der Waals surface area contributed by atoms with Crippen LogP contribution < -0.4 is 14.7 Å². The summed E-state index contributed by atoms with van der Waals surface area (Å²) in [5, 5.41) is 9.58. The molecule has 0 aromatic carbocycles. The summed E-state index contributed by atoms with van der Waals surface area (Å²) in [6, 6.07) is 0. The highest BCUT2D eigenvalue weighted by Gasteiger charge is 2.19. The van der Waals surface area contributed by atoms with E-state index in [0.29, 0.717) is 12.5 Å². The van der Waals surface area contributed by atoms with Gasteiger partial charge in [0.25, 0.3) is 0 Å². The molecule has 1 aromatic rings. The van der Waals surface area contributed by atoms with E-state index in [0.717, 1.165) is 89.9 Å². The van der Waals surface area contributed by atoms with Crippen LogP contribution in [0.3, 0.4) is 0 Å². The maximum absolute atomic E-state index is 9.58. The van der Waals surface area contributed by atoms with Gasteiger partial charge in [0.2, 0.25) is 17.8 Å². The monoisotopic (exact) mass is 524 g/mol. The zero-order chi connectivity index (χ0) is 27.8. The third-order valence-electron chi connectivity index (χ3n) is 6.08. The van der Waals surface area contributed by atoms with Crippen LogP contribution in [0.5, 0.6) is 0 Å². The minimum Gasteiger partial charge on any atom is -0.395 e. The molecule has 216 valence electrons. The molecule has 0 aliphatic heterocycles. The van der Waals surface area contributed by atoms with E-state index in [1.165, 1.54) is 0 Å². The first-order valence-electron chi connectivity index (χ1n) is 13.7. The SMILES string of the molecule is CN(C)CCCN(CCCN(C)C)c1nc(N(C)CCO)nc(N(CCCN(C)C)CCCN(C)C)n1. The zero-order valence-electron chi connectivity index (χ0n) is 25.3. The number of hydrogen-bond acceptors (Lipinski definition) is 11. The summed E-state index contributed by atoms with van der Waals surface area (Å²) in [6.45, 7) is 8.14. The van der Waals surface area contributed by atoms with Gasteiger partial charge in [0, 0.05) is 39.8 Å². The van der Waals surface area contributed by atoms with Crippen LogP contribution in [-0.4, -0.2) is 169 Å². The van der Waals surface area contributed by atoms with Crippen LogP contribution in [-0.2, 0) is 0 Å². The number of aliphatic hydroxyl groups excluding tert-OH is 1. The Hall–Kier alpha value is -1.79. The second-order valence-electron chi connectivity index (χ2n) is 11.0. The highest BCUT2D eigenvalue weighted by atomic mass is 16.3. The van der Waals surface area contributed by atoms with E-state index < -0.39 is 0 Å². The van der Waals surface area contributed by atoms with Crippen LogP contribution in [0.25, 0.3) is 0 Å². The van der Waals surface area contributed by atoms with Crippen LogP contribution in [0, 0.1) is 0 Å². The van der Waals surface area contributed by atoms with E-state index in [1.54, 1.807) is 0 Å². The Morgan fingerprint density at radius 1 is 0.432 bits per heavy atom. The lowest BCUT2D eigenvalue weighted by atomic mass is 10.3. The Morgan fingerprint density at radius 3 is 1.00 bits per heavy atom. The van der Waals surface area contributed by atoms with Gasteiger partial charge >= 0.3 is 0 Å². The molecule has 1 heterocycles. The molecule has 0 saturated carbocycles. The van der Waals surface area contributed by atoms with E-state index in [2.05, 4.69) is 85.8 Å².